The average Bonchev–Trinajstić information content (AvgIpc) is 2.63. The average molecular weight is 376 g/mol. The number of carboxylic acid groups (broad SMARTS) is 1. The number of fused-ring (bicyclic) bond motifs is 1. The van der Waals surface area contributed by atoms with Gasteiger partial charge < -0.3 is 29.1 Å². The minimum atomic E-state index is -1.36. The lowest BCUT2D eigenvalue weighted by Gasteiger charge is -2.19. The quantitative estimate of drug-likeness (QED) is 0.674. The van der Waals surface area contributed by atoms with Crippen LogP contribution in [-0.4, -0.2) is 32.1 Å². The van der Waals surface area contributed by atoms with E-state index in [-0.39, 0.29) is 29.7 Å². The fourth-order valence-corrected chi connectivity index (χ4v) is 2.91. The Balaban J connectivity index is 2.41. The van der Waals surface area contributed by atoms with E-state index < -0.39 is 23.5 Å². The summed E-state index contributed by atoms with van der Waals surface area (Å²) in [5, 5.41) is 14.1. The first-order valence-electron chi connectivity index (χ1n) is 8.51. The van der Waals surface area contributed by atoms with Crippen LogP contribution in [0.15, 0.2) is 21.3 Å². The molecule has 1 amide bonds. The van der Waals surface area contributed by atoms with Gasteiger partial charge in [-0.3, -0.25) is 4.79 Å². The van der Waals surface area contributed by atoms with Crippen molar-refractivity contribution in [1.82, 2.24) is 5.32 Å². The van der Waals surface area contributed by atoms with Gasteiger partial charge in [-0.2, -0.15) is 0 Å². The highest BCUT2D eigenvalue weighted by Crippen LogP contribution is 2.36. The van der Waals surface area contributed by atoms with Gasteiger partial charge in [0.1, 0.15) is 0 Å². The Labute approximate surface area is 156 Å². The molecule has 0 aliphatic carbocycles. The fourth-order valence-electron chi connectivity index (χ4n) is 2.91. The Morgan fingerprint density at radius 1 is 1.26 bits per heavy atom. The summed E-state index contributed by atoms with van der Waals surface area (Å²) in [6.07, 6.45) is 0.514. The summed E-state index contributed by atoms with van der Waals surface area (Å²) in [7, 11) is 2.90. The molecule has 1 aromatic heterocycles. The summed E-state index contributed by atoms with van der Waals surface area (Å²) in [6, 6.07) is 2.28. The fraction of sp³-hybridized carbons (Fsp3) is 0.421. The minimum Gasteiger partial charge on any atom is -0.548 e. The number of hydrogen-bond acceptors (Lipinski definition) is 7. The van der Waals surface area contributed by atoms with E-state index in [1.54, 1.807) is 26.0 Å². The first-order chi connectivity index (χ1) is 12.8. The van der Waals surface area contributed by atoms with Crippen LogP contribution in [0.2, 0.25) is 0 Å². The molecule has 0 unspecified atom stereocenters. The normalized spacial score (nSPS) is 11.9. The van der Waals surface area contributed by atoms with Gasteiger partial charge in [0.05, 0.1) is 38.2 Å². The van der Waals surface area contributed by atoms with Crippen LogP contribution in [0.25, 0.3) is 11.0 Å². The molecule has 0 saturated carbocycles. The molecule has 1 atom stereocenters. The summed E-state index contributed by atoms with van der Waals surface area (Å²) >= 11 is 0. The molecule has 27 heavy (non-hydrogen) atoms. The number of nitrogens with one attached hydrogen (secondary N) is 1. The van der Waals surface area contributed by atoms with Gasteiger partial charge >= 0.3 is 5.63 Å². The Kier molecular flexibility index (Phi) is 6.44. The summed E-state index contributed by atoms with van der Waals surface area (Å²) in [5.41, 5.74) is 0.239. The molecule has 1 aromatic carbocycles. The maximum Gasteiger partial charge on any atom is 0.340 e. The SMILES string of the molecule is CCC[C@@H](NC(=O)Cc1c(C)c2ccc(OC)c(OC)c2oc1=O)C(=O)[O-]. The van der Waals surface area contributed by atoms with Crippen molar-refractivity contribution >= 4 is 22.8 Å². The van der Waals surface area contributed by atoms with Crippen LogP contribution in [0.3, 0.4) is 0 Å². The standard InChI is InChI=1S/C19H23NO7/c1-5-6-13(18(22)23)20-15(21)9-12-10(2)11-7-8-14(25-3)17(26-4)16(11)27-19(12)24/h7-8,13H,5-6,9H2,1-4H3,(H,20,21)(H,22,23)/p-1/t13-/m1/s1. The summed E-state index contributed by atoms with van der Waals surface area (Å²) in [4.78, 5) is 35.8. The highest BCUT2D eigenvalue weighted by Gasteiger charge is 2.20. The van der Waals surface area contributed by atoms with Gasteiger partial charge in [-0.25, -0.2) is 4.79 Å². The van der Waals surface area contributed by atoms with Gasteiger partial charge in [-0.05, 0) is 31.0 Å². The van der Waals surface area contributed by atoms with Crippen molar-refractivity contribution in [3.63, 3.8) is 0 Å². The zero-order chi connectivity index (χ0) is 20.1. The van der Waals surface area contributed by atoms with E-state index >= 15 is 0 Å². The molecule has 0 spiro atoms. The van der Waals surface area contributed by atoms with E-state index in [1.807, 2.05) is 0 Å². The highest BCUT2D eigenvalue weighted by molar-refractivity contribution is 5.90. The van der Waals surface area contributed by atoms with Gasteiger partial charge in [0.25, 0.3) is 0 Å². The van der Waals surface area contributed by atoms with Crippen LogP contribution in [0, 0.1) is 6.92 Å². The first kappa shape index (κ1) is 20.3. The molecule has 1 heterocycles. The number of aliphatic carboxylic acids is 1. The largest absolute Gasteiger partial charge is 0.548 e. The Hall–Kier alpha value is -3.03. The monoisotopic (exact) mass is 376 g/mol. The van der Waals surface area contributed by atoms with Crippen LogP contribution in [0.1, 0.15) is 30.9 Å². The molecule has 146 valence electrons. The van der Waals surface area contributed by atoms with E-state index in [9.17, 15) is 19.5 Å². The van der Waals surface area contributed by atoms with E-state index in [1.165, 1.54) is 14.2 Å². The Bertz CT molecular complexity index is 916. The van der Waals surface area contributed by atoms with Crippen molar-refractivity contribution in [3.8, 4) is 11.5 Å². The van der Waals surface area contributed by atoms with Crippen molar-refractivity contribution in [2.24, 2.45) is 0 Å². The molecule has 2 rings (SSSR count). The third kappa shape index (κ3) is 4.21. The summed E-state index contributed by atoms with van der Waals surface area (Å²) in [5.74, 6) is -1.25. The molecular weight excluding hydrogens is 354 g/mol. The molecule has 0 aliphatic rings. The van der Waals surface area contributed by atoms with Crippen LogP contribution in [-0.2, 0) is 16.0 Å². The highest BCUT2D eigenvalue weighted by atomic mass is 16.5. The lowest BCUT2D eigenvalue weighted by atomic mass is 10.0. The number of aryl methyl sites for hydroxylation is 1. The maximum absolute atomic E-state index is 12.4. The van der Waals surface area contributed by atoms with Crippen molar-refractivity contribution in [2.45, 2.75) is 39.2 Å². The van der Waals surface area contributed by atoms with E-state index in [2.05, 4.69) is 5.32 Å². The lowest BCUT2D eigenvalue weighted by Crippen LogP contribution is -2.48. The predicted molar refractivity (Wildman–Crippen MR) is 95.9 cm³/mol. The van der Waals surface area contributed by atoms with Crippen molar-refractivity contribution in [3.05, 3.63) is 33.7 Å². The smallest absolute Gasteiger partial charge is 0.340 e. The van der Waals surface area contributed by atoms with Gasteiger partial charge in [0, 0.05) is 5.39 Å². The first-order valence-corrected chi connectivity index (χ1v) is 8.51. The van der Waals surface area contributed by atoms with Crippen LogP contribution >= 0.6 is 0 Å². The third-order valence-electron chi connectivity index (χ3n) is 4.33. The van der Waals surface area contributed by atoms with E-state index in [0.717, 1.165) is 0 Å². The van der Waals surface area contributed by atoms with Crippen LogP contribution < -0.4 is 25.5 Å². The molecule has 0 saturated heterocycles. The summed E-state index contributed by atoms with van der Waals surface area (Å²) in [6.45, 7) is 3.49. The molecular formula is C19H22NO7-. The topological polar surface area (TPSA) is 118 Å². The number of methoxy groups -OCH3 is 2. The number of rotatable bonds is 8. The maximum atomic E-state index is 12.4. The number of carbonyl (C=O) groups is 2. The third-order valence-corrected chi connectivity index (χ3v) is 4.33. The van der Waals surface area contributed by atoms with E-state index in [4.69, 9.17) is 13.9 Å². The van der Waals surface area contributed by atoms with E-state index in [0.29, 0.717) is 23.1 Å². The minimum absolute atomic E-state index is 0.154. The van der Waals surface area contributed by atoms with Crippen molar-refractivity contribution < 1.29 is 28.6 Å². The molecule has 1 N–H and O–H groups in total. The van der Waals surface area contributed by atoms with Crippen LogP contribution in [0.5, 0.6) is 11.5 Å². The number of benzene rings is 1. The summed E-state index contributed by atoms with van der Waals surface area (Å²) < 4.78 is 15.8. The Morgan fingerprint density at radius 2 is 1.96 bits per heavy atom. The molecule has 0 aliphatic heterocycles. The zero-order valence-corrected chi connectivity index (χ0v) is 15.7. The molecule has 2 aromatic rings. The number of carbonyl (C=O) groups excluding carboxylic acids is 2. The van der Waals surface area contributed by atoms with Gasteiger partial charge in [0.15, 0.2) is 11.3 Å². The zero-order valence-electron chi connectivity index (χ0n) is 15.7. The van der Waals surface area contributed by atoms with Gasteiger partial charge in [-0.15, -0.1) is 0 Å². The molecule has 0 bridgehead atoms. The van der Waals surface area contributed by atoms with Crippen LogP contribution in [0.4, 0.5) is 0 Å². The predicted octanol–water partition coefficient (Wildman–Crippen LogP) is 0.696. The van der Waals surface area contributed by atoms with Gasteiger partial charge in [-0.1, -0.05) is 13.3 Å². The second-order valence-electron chi connectivity index (χ2n) is 6.08. The molecule has 0 radical (unpaired) electrons. The number of ether oxygens (including phenoxy) is 2. The lowest BCUT2D eigenvalue weighted by molar-refractivity contribution is -0.308. The number of carboxylic acids is 1. The number of amides is 1. The number of hydrogen-bond donors (Lipinski definition) is 1. The van der Waals surface area contributed by atoms with Gasteiger partial charge in [0.2, 0.25) is 11.7 Å². The van der Waals surface area contributed by atoms with Crippen molar-refractivity contribution in [1.29, 1.82) is 0 Å². The Morgan fingerprint density at radius 3 is 2.52 bits per heavy atom. The second kappa shape index (κ2) is 8.57. The molecule has 8 heteroatoms. The van der Waals surface area contributed by atoms with Crippen molar-refractivity contribution in [2.75, 3.05) is 14.2 Å². The molecule has 8 nitrogen and oxygen atoms in total. The second-order valence-corrected chi connectivity index (χ2v) is 6.08. The molecule has 0 fully saturated rings.